The van der Waals surface area contributed by atoms with Gasteiger partial charge in [0.05, 0.1) is 17.1 Å². The van der Waals surface area contributed by atoms with E-state index in [1.807, 2.05) is 6.92 Å². The summed E-state index contributed by atoms with van der Waals surface area (Å²) >= 11 is 0. The van der Waals surface area contributed by atoms with E-state index in [0.717, 1.165) is 23.8 Å². The van der Waals surface area contributed by atoms with Gasteiger partial charge < -0.3 is 8.92 Å². The van der Waals surface area contributed by atoms with Crippen LogP contribution in [0, 0.1) is 20.8 Å². The SMILES string of the molecule is COCCN(Cc1cccc(OS(=O)(=O)c2cccc(C(F)(F)F)c2)c1)S(=O)(=O)c1c(C)cc(C)cc1C. The van der Waals surface area contributed by atoms with Gasteiger partial charge in [0.15, 0.2) is 0 Å². The van der Waals surface area contributed by atoms with Gasteiger partial charge in [-0.2, -0.15) is 25.9 Å². The van der Waals surface area contributed by atoms with E-state index < -0.39 is 36.8 Å². The largest absolute Gasteiger partial charge is 0.416 e. The third kappa shape index (κ3) is 6.93. The van der Waals surface area contributed by atoms with E-state index in [1.54, 1.807) is 32.0 Å². The van der Waals surface area contributed by atoms with Crippen LogP contribution in [0.15, 0.2) is 70.5 Å². The zero-order chi connectivity index (χ0) is 28.3. The first kappa shape index (κ1) is 29.6. The Labute approximate surface area is 221 Å². The molecule has 0 heterocycles. The van der Waals surface area contributed by atoms with Crippen molar-refractivity contribution >= 4 is 20.1 Å². The molecule has 3 aromatic rings. The molecular formula is C26H28F3NO6S2. The topological polar surface area (TPSA) is 90.0 Å². The van der Waals surface area contributed by atoms with E-state index in [-0.39, 0.29) is 30.3 Å². The van der Waals surface area contributed by atoms with Gasteiger partial charge in [-0.3, -0.25) is 0 Å². The maximum absolute atomic E-state index is 13.7. The van der Waals surface area contributed by atoms with Crippen LogP contribution in [0.2, 0.25) is 0 Å². The first-order chi connectivity index (χ1) is 17.6. The lowest BCUT2D eigenvalue weighted by molar-refractivity contribution is -0.137. The van der Waals surface area contributed by atoms with Gasteiger partial charge in [0, 0.05) is 20.2 Å². The zero-order valence-corrected chi connectivity index (χ0v) is 22.9. The van der Waals surface area contributed by atoms with E-state index in [9.17, 15) is 30.0 Å². The van der Waals surface area contributed by atoms with Crippen LogP contribution in [0.5, 0.6) is 5.75 Å². The Morgan fingerprint density at radius 2 is 1.50 bits per heavy atom. The Morgan fingerprint density at radius 1 is 0.868 bits per heavy atom. The maximum atomic E-state index is 13.7. The lowest BCUT2D eigenvalue weighted by Gasteiger charge is -2.24. The van der Waals surface area contributed by atoms with Crippen LogP contribution < -0.4 is 4.18 Å². The number of aryl methyl sites for hydroxylation is 3. The summed E-state index contributed by atoms with van der Waals surface area (Å²) in [4.78, 5) is -0.480. The van der Waals surface area contributed by atoms with Crippen molar-refractivity contribution in [1.29, 1.82) is 0 Å². The first-order valence-electron chi connectivity index (χ1n) is 11.4. The monoisotopic (exact) mass is 571 g/mol. The van der Waals surface area contributed by atoms with Gasteiger partial charge in [0.25, 0.3) is 0 Å². The summed E-state index contributed by atoms with van der Waals surface area (Å²) in [5.41, 5.74) is 1.39. The van der Waals surface area contributed by atoms with Crippen molar-refractivity contribution in [2.24, 2.45) is 0 Å². The molecule has 206 valence electrons. The van der Waals surface area contributed by atoms with E-state index in [2.05, 4.69) is 0 Å². The Kier molecular flexibility index (Phi) is 8.92. The van der Waals surface area contributed by atoms with Gasteiger partial charge in [0.2, 0.25) is 10.0 Å². The molecule has 0 fully saturated rings. The number of nitrogens with zero attached hydrogens (tertiary/aromatic N) is 1. The van der Waals surface area contributed by atoms with E-state index in [1.165, 1.54) is 29.6 Å². The second-order valence-corrected chi connectivity index (χ2v) is 12.2. The third-order valence-corrected chi connectivity index (χ3v) is 9.06. The number of benzene rings is 3. The van der Waals surface area contributed by atoms with Crippen molar-refractivity contribution < 1.29 is 38.9 Å². The van der Waals surface area contributed by atoms with Gasteiger partial charge >= 0.3 is 16.3 Å². The quantitative estimate of drug-likeness (QED) is 0.310. The smallest absolute Gasteiger partial charge is 0.383 e. The molecule has 0 aromatic heterocycles. The Hall–Kier alpha value is -2.93. The molecule has 0 saturated carbocycles. The van der Waals surface area contributed by atoms with Gasteiger partial charge in [-0.05, 0) is 67.8 Å². The summed E-state index contributed by atoms with van der Waals surface area (Å²) in [6.45, 7) is 5.32. The minimum atomic E-state index is -4.73. The molecule has 0 radical (unpaired) electrons. The minimum absolute atomic E-state index is 0.0270. The lowest BCUT2D eigenvalue weighted by Crippen LogP contribution is -2.34. The van der Waals surface area contributed by atoms with Crippen LogP contribution in [0.3, 0.4) is 0 Å². The predicted molar refractivity (Wildman–Crippen MR) is 136 cm³/mol. The van der Waals surface area contributed by atoms with Crippen molar-refractivity contribution in [2.45, 2.75) is 43.3 Å². The Bertz CT molecular complexity index is 1500. The van der Waals surface area contributed by atoms with Gasteiger partial charge in [-0.25, -0.2) is 8.42 Å². The van der Waals surface area contributed by atoms with Crippen LogP contribution in [-0.4, -0.2) is 41.4 Å². The fraction of sp³-hybridized carbons (Fsp3) is 0.308. The van der Waals surface area contributed by atoms with Gasteiger partial charge in [-0.15, -0.1) is 0 Å². The number of rotatable bonds is 10. The molecule has 0 aliphatic rings. The third-order valence-electron chi connectivity index (χ3n) is 5.66. The van der Waals surface area contributed by atoms with Crippen molar-refractivity contribution in [1.82, 2.24) is 4.31 Å². The molecule has 7 nitrogen and oxygen atoms in total. The molecule has 0 amide bonds. The summed E-state index contributed by atoms with van der Waals surface area (Å²) in [6, 6.07) is 12.5. The fourth-order valence-corrected chi connectivity index (χ4v) is 6.88. The molecule has 38 heavy (non-hydrogen) atoms. The van der Waals surface area contributed by atoms with Crippen molar-refractivity contribution in [2.75, 3.05) is 20.3 Å². The van der Waals surface area contributed by atoms with Crippen LogP contribution in [0.4, 0.5) is 13.2 Å². The normalized spacial score (nSPS) is 12.6. The summed E-state index contributed by atoms with van der Waals surface area (Å²) in [5.74, 6) is -0.174. The Balaban J connectivity index is 1.92. The van der Waals surface area contributed by atoms with Crippen LogP contribution in [0.1, 0.15) is 27.8 Å². The number of sulfonamides is 1. The molecule has 0 aliphatic carbocycles. The number of ether oxygens (including phenoxy) is 1. The van der Waals surface area contributed by atoms with Gasteiger partial charge in [-0.1, -0.05) is 35.9 Å². The van der Waals surface area contributed by atoms with Crippen LogP contribution >= 0.6 is 0 Å². The second-order valence-electron chi connectivity index (χ2n) is 8.77. The highest BCUT2D eigenvalue weighted by Crippen LogP contribution is 2.32. The van der Waals surface area contributed by atoms with Crippen molar-refractivity contribution in [3.63, 3.8) is 0 Å². The molecular weight excluding hydrogens is 543 g/mol. The molecule has 3 aromatic carbocycles. The fourth-order valence-electron chi connectivity index (χ4n) is 4.08. The van der Waals surface area contributed by atoms with Crippen molar-refractivity contribution in [3.8, 4) is 5.75 Å². The highest BCUT2D eigenvalue weighted by molar-refractivity contribution is 7.89. The first-order valence-corrected chi connectivity index (χ1v) is 14.3. The average molecular weight is 572 g/mol. The minimum Gasteiger partial charge on any atom is -0.383 e. The summed E-state index contributed by atoms with van der Waals surface area (Å²) in [5, 5.41) is 0. The molecule has 0 spiro atoms. The summed E-state index contributed by atoms with van der Waals surface area (Å²) in [6.07, 6.45) is -4.73. The molecule has 0 saturated heterocycles. The maximum Gasteiger partial charge on any atom is 0.416 e. The van der Waals surface area contributed by atoms with Crippen LogP contribution in [0.25, 0.3) is 0 Å². The average Bonchev–Trinajstić information content (AvgIpc) is 2.80. The van der Waals surface area contributed by atoms with Crippen molar-refractivity contribution in [3.05, 3.63) is 88.5 Å². The second kappa shape index (κ2) is 11.4. The highest BCUT2D eigenvalue weighted by Gasteiger charge is 2.32. The molecule has 0 atom stereocenters. The summed E-state index contributed by atoms with van der Waals surface area (Å²) < 4.78 is 103. The molecule has 3 rings (SSSR count). The summed E-state index contributed by atoms with van der Waals surface area (Å²) in [7, 11) is -7.12. The zero-order valence-electron chi connectivity index (χ0n) is 21.2. The molecule has 0 aliphatic heterocycles. The van der Waals surface area contributed by atoms with Crippen LogP contribution in [-0.2, 0) is 37.6 Å². The standard InChI is InChI=1S/C26H28F3NO6S2/c1-18-13-19(2)25(20(3)14-18)37(31,32)30(11-12-35-4)17-21-7-5-9-23(15-21)36-38(33,34)24-10-6-8-22(16-24)26(27,28)29/h5-10,13-16H,11-12,17H2,1-4H3. The lowest BCUT2D eigenvalue weighted by atomic mass is 10.1. The van der Waals surface area contributed by atoms with E-state index in [0.29, 0.717) is 22.8 Å². The number of halogens is 3. The molecule has 0 N–H and O–H groups in total. The van der Waals surface area contributed by atoms with E-state index >= 15 is 0 Å². The molecule has 12 heteroatoms. The van der Waals surface area contributed by atoms with E-state index in [4.69, 9.17) is 8.92 Å². The highest BCUT2D eigenvalue weighted by atomic mass is 32.2. The number of alkyl halides is 3. The van der Waals surface area contributed by atoms with Gasteiger partial charge in [0.1, 0.15) is 10.6 Å². The Morgan fingerprint density at radius 3 is 2.11 bits per heavy atom. The number of hydrogen-bond acceptors (Lipinski definition) is 6. The predicted octanol–water partition coefficient (Wildman–Crippen LogP) is 5.24. The number of hydrogen-bond donors (Lipinski definition) is 0. The number of methoxy groups -OCH3 is 1. The molecule has 0 bridgehead atoms. The molecule has 0 unspecified atom stereocenters.